The fourth-order valence-corrected chi connectivity index (χ4v) is 1.25. The summed E-state index contributed by atoms with van der Waals surface area (Å²) in [5, 5.41) is 0. The van der Waals surface area contributed by atoms with Crippen molar-refractivity contribution in [3.8, 4) is 0 Å². The number of hydrogen-bond acceptors (Lipinski definition) is 3. The standard InChI is InChI=1S/C11H12O3/c1-4-9(12)14-11(3)7-5-6-8(2)10(11)13/h4-7H,1H2,2-3H3. The van der Waals surface area contributed by atoms with Gasteiger partial charge in [-0.15, -0.1) is 0 Å². The Labute approximate surface area is 82.8 Å². The molecule has 0 aromatic heterocycles. The summed E-state index contributed by atoms with van der Waals surface area (Å²) in [6.07, 6.45) is 5.99. The molecule has 3 heteroatoms. The maximum Gasteiger partial charge on any atom is 0.331 e. The predicted molar refractivity (Wildman–Crippen MR) is 52.6 cm³/mol. The Morgan fingerprint density at radius 2 is 2.29 bits per heavy atom. The number of rotatable bonds is 2. The van der Waals surface area contributed by atoms with Gasteiger partial charge in [0.15, 0.2) is 5.60 Å². The van der Waals surface area contributed by atoms with Crippen LogP contribution in [0.5, 0.6) is 0 Å². The van der Waals surface area contributed by atoms with Gasteiger partial charge in [0.1, 0.15) is 0 Å². The maximum atomic E-state index is 11.7. The molecule has 0 heterocycles. The largest absolute Gasteiger partial charge is 0.443 e. The van der Waals surface area contributed by atoms with Crippen LogP contribution in [0.25, 0.3) is 0 Å². The Kier molecular flexibility index (Phi) is 2.70. The second-order valence-corrected chi connectivity index (χ2v) is 3.27. The van der Waals surface area contributed by atoms with Gasteiger partial charge in [0.05, 0.1) is 0 Å². The fourth-order valence-electron chi connectivity index (χ4n) is 1.25. The zero-order valence-electron chi connectivity index (χ0n) is 8.24. The lowest BCUT2D eigenvalue weighted by Crippen LogP contribution is -2.39. The van der Waals surface area contributed by atoms with E-state index < -0.39 is 11.6 Å². The van der Waals surface area contributed by atoms with Crippen molar-refractivity contribution >= 4 is 11.8 Å². The van der Waals surface area contributed by atoms with Crippen molar-refractivity contribution < 1.29 is 14.3 Å². The number of ketones is 1. The molecule has 0 aliphatic heterocycles. The fraction of sp³-hybridized carbons (Fsp3) is 0.273. The smallest absolute Gasteiger partial charge is 0.331 e. The van der Waals surface area contributed by atoms with Gasteiger partial charge in [0.2, 0.25) is 5.78 Å². The highest BCUT2D eigenvalue weighted by molar-refractivity contribution is 6.05. The predicted octanol–water partition coefficient (Wildman–Crippen LogP) is 1.56. The highest BCUT2D eigenvalue weighted by atomic mass is 16.6. The van der Waals surface area contributed by atoms with Crippen molar-refractivity contribution in [1.29, 1.82) is 0 Å². The minimum absolute atomic E-state index is 0.199. The van der Waals surface area contributed by atoms with Crippen molar-refractivity contribution in [2.75, 3.05) is 0 Å². The quantitative estimate of drug-likeness (QED) is 0.492. The summed E-state index contributed by atoms with van der Waals surface area (Å²) in [6.45, 7) is 6.52. The van der Waals surface area contributed by atoms with Crippen molar-refractivity contribution in [2.45, 2.75) is 19.4 Å². The minimum Gasteiger partial charge on any atom is -0.443 e. The Hall–Kier alpha value is -1.64. The molecule has 1 unspecified atom stereocenters. The third kappa shape index (κ3) is 1.82. The van der Waals surface area contributed by atoms with Gasteiger partial charge in [-0.1, -0.05) is 18.7 Å². The molecule has 1 atom stereocenters. The average molecular weight is 192 g/mol. The van der Waals surface area contributed by atoms with Crippen LogP contribution in [0, 0.1) is 0 Å². The van der Waals surface area contributed by atoms with E-state index >= 15 is 0 Å². The van der Waals surface area contributed by atoms with Crippen LogP contribution < -0.4 is 0 Å². The summed E-state index contributed by atoms with van der Waals surface area (Å²) in [7, 11) is 0. The van der Waals surface area contributed by atoms with E-state index in [2.05, 4.69) is 6.58 Å². The van der Waals surface area contributed by atoms with Gasteiger partial charge in [0, 0.05) is 6.08 Å². The summed E-state index contributed by atoms with van der Waals surface area (Å²) < 4.78 is 4.98. The van der Waals surface area contributed by atoms with Gasteiger partial charge < -0.3 is 4.74 Å². The first-order valence-electron chi connectivity index (χ1n) is 4.26. The van der Waals surface area contributed by atoms with Gasteiger partial charge in [-0.25, -0.2) is 4.79 Å². The molecule has 1 rings (SSSR count). The molecule has 0 aromatic carbocycles. The first kappa shape index (κ1) is 10.4. The number of ether oxygens (including phenoxy) is 1. The second kappa shape index (κ2) is 3.62. The molecule has 0 saturated carbocycles. The van der Waals surface area contributed by atoms with Gasteiger partial charge in [-0.3, -0.25) is 4.79 Å². The van der Waals surface area contributed by atoms with E-state index in [1.165, 1.54) is 0 Å². The molecule has 0 spiro atoms. The van der Waals surface area contributed by atoms with Crippen LogP contribution in [-0.4, -0.2) is 17.4 Å². The minimum atomic E-state index is -1.18. The van der Waals surface area contributed by atoms with Crippen LogP contribution in [0.4, 0.5) is 0 Å². The first-order valence-corrected chi connectivity index (χ1v) is 4.26. The molecule has 0 saturated heterocycles. The second-order valence-electron chi connectivity index (χ2n) is 3.27. The number of allylic oxidation sites excluding steroid dienone is 2. The van der Waals surface area contributed by atoms with E-state index in [-0.39, 0.29) is 5.78 Å². The molecule has 0 bridgehead atoms. The molecule has 0 N–H and O–H groups in total. The Bertz CT molecular complexity index is 350. The zero-order valence-corrected chi connectivity index (χ0v) is 8.24. The number of carbonyl (C=O) groups excluding carboxylic acids is 2. The average Bonchev–Trinajstić information content (AvgIpc) is 2.14. The molecule has 0 radical (unpaired) electrons. The lowest BCUT2D eigenvalue weighted by Gasteiger charge is -2.26. The zero-order chi connectivity index (χ0) is 10.8. The summed E-state index contributed by atoms with van der Waals surface area (Å²) in [4.78, 5) is 22.7. The van der Waals surface area contributed by atoms with Crippen LogP contribution in [0.1, 0.15) is 13.8 Å². The number of Topliss-reactive ketones (excluding diaryl/α,β-unsaturated/α-hetero) is 1. The topological polar surface area (TPSA) is 43.4 Å². The highest BCUT2D eigenvalue weighted by Crippen LogP contribution is 2.22. The molecule has 1 aliphatic carbocycles. The van der Waals surface area contributed by atoms with Crippen molar-refractivity contribution in [2.24, 2.45) is 0 Å². The number of esters is 1. The van der Waals surface area contributed by atoms with Crippen molar-refractivity contribution in [1.82, 2.24) is 0 Å². The number of carbonyl (C=O) groups is 2. The van der Waals surface area contributed by atoms with E-state index in [4.69, 9.17) is 4.74 Å². The summed E-state index contributed by atoms with van der Waals surface area (Å²) >= 11 is 0. The molecule has 0 amide bonds. The summed E-state index contributed by atoms with van der Waals surface area (Å²) in [5.74, 6) is -0.796. The summed E-state index contributed by atoms with van der Waals surface area (Å²) in [6, 6.07) is 0. The third-order valence-electron chi connectivity index (χ3n) is 2.05. The van der Waals surface area contributed by atoms with E-state index in [0.717, 1.165) is 6.08 Å². The molecule has 14 heavy (non-hydrogen) atoms. The molecular weight excluding hydrogens is 180 g/mol. The number of hydrogen-bond donors (Lipinski definition) is 0. The Morgan fingerprint density at radius 3 is 2.86 bits per heavy atom. The molecule has 0 aromatic rings. The van der Waals surface area contributed by atoms with Crippen LogP contribution in [0.3, 0.4) is 0 Å². The van der Waals surface area contributed by atoms with Gasteiger partial charge in [-0.05, 0) is 25.5 Å². The molecular formula is C11H12O3. The lowest BCUT2D eigenvalue weighted by molar-refractivity contribution is -0.154. The molecule has 0 fully saturated rings. The normalized spacial score (nSPS) is 25.6. The third-order valence-corrected chi connectivity index (χ3v) is 2.05. The Balaban J connectivity index is 2.91. The van der Waals surface area contributed by atoms with Crippen LogP contribution in [0.2, 0.25) is 0 Å². The highest BCUT2D eigenvalue weighted by Gasteiger charge is 2.36. The SMILES string of the molecule is C=CC(=O)OC1(C)C=CC=C(C)C1=O. The molecule has 1 aliphatic rings. The van der Waals surface area contributed by atoms with Crippen LogP contribution in [-0.2, 0) is 14.3 Å². The molecule has 3 nitrogen and oxygen atoms in total. The van der Waals surface area contributed by atoms with Crippen LogP contribution in [0.15, 0.2) is 36.5 Å². The van der Waals surface area contributed by atoms with E-state index in [0.29, 0.717) is 5.57 Å². The van der Waals surface area contributed by atoms with Crippen LogP contribution >= 0.6 is 0 Å². The monoisotopic (exact) mass is 192 g/mol. The Morgan fingerprint density at radius 1 is 1.64 bits per heavy atom. The van der Waals surface area contributed by atoms with Gasteiger partial charge in [-0.2, -0.15) is 0 Å². The lowest BCUT2D eigenvalue weighted by atomic mass is 9.90. The van der Waals surface area contributed by atoms with E-state index in [1.54, 1.807) is 32.1 Å². The van der Waals surface area contributed by atoms with Gasteiger partial charge in [0.25, 0.3) is 0 Å². The van der Waals surface area contributed by atoms with Crippen molar-refractivity contribution in [3.63, 3.8) is 0 Å². The van der Waals surface area contributed by atoms with E-state index in [1.807, 2.05) is 0 Å². The van der Waals surface area contributed by atoms with Gasteiger partial charge >= 0.3 is 5.97 Å². The van der Waals surface area contributed by atoms with Crippen molar-refractivity contribution in [3.05, 3.63) is 36.5 Å². The van der Waals surface area contributed by atoms with E-state index in [9.17, 15) is 9.59 Å². The maximum absolute atomic E-state index is 11.7. The summed E-state index contributed by atoms with van der Waals surface area (Å²) in [5.41, 5.74) is -0.601. The first-order chi connectivity index (χ1) is 6.49. The molecule has 74 valence electrons.